The van der Waals surface area contributed by atoms with Crippen LogP contribution < -0.4 is 10.1 Å². The summed E-state index contributed by atoms with van der Waals surface area (Å²) >= 11 is 0. The first kappa shape index (κ1) is 10.3. The molecule has 17 heavy (non-hydrogen) atoms. The molecule has 2 heterocycles. The molecule has 0 spiro atoms. The van der Waals surface area contributed by atoms with Gasteiger partial charge in [-0.25, -0.2) is 4.68 Å². The SMILES string of the molecule is c1ccc(-n2cc(OC3CCNC3)nn2)cc1. The van der Waals surface area contributed by atoms with E-state index in [1.54, 1.807) is 4.68 Å². The first-order valence-electron chi connectivity index (χ1n) is 5.77. The Morgan fingerprint density at radius 2 is 2.18 bits per heavy atom. The second-order valence-electron chi connectivity index (χ2n) is 4.07. The van der Waals surface area contributed by atoms with Gasteiger partial charge < -0.3 is 10.1 Å². The molecular weight excluding hydrogens is 216 g/mol. The van der Waals surface area contributed by atoms with Gasteiger partial charge in [-0.15, -0.1) is 0 Å². The summed E-state index contributed by atoms with van der Waals surface area (Å²) in [5.41, 5.74) is 0.986. The molecule has 0 bridgehead atoms. The molecule has 1 aliphatic rings. The minimum atomic E-state index is 0.218. The maximum atomic E-state index is 5.72. The van der Waals surface area contributed by atoms with E-state index in [0.717, 1.165) is 25.2 Å². The lowest BCUT2D eigenvalue weighted by Gasteiger charge is -2.07. The van der Waals surface area contributed by atoms with E-state index in [1.807, 2.05) is 36.5 Å². The fourth-order valence-electron chi connectivity index (χ4n) is 1.91. The average molecular weight is 230 g/mol. The summed E-state index contributed by atoms with van der Waals surface area (Å²) in [5, 5.41) is 11.3. The Balaban J connectivity index is 1.74. The average Bonchev–Trinajstić information content (AvgIpc) is 3.02. The van der Waals surface area contributed by atoms with E-state index in [1.165, 1.54) is 0 Å². The fourth-order valence-corrected chi connectivity index (χ4v) is 1.91. The molecule has 1 N–H and O–H groups in total. The Labute approximate surface area is 99.4 Å². The van der Waals surface area contributed by atoms with Crippen LogP contribution in [0.1, 0.15) is 6.42 Å². The van der Waals surface area contributed by atoms with Crippen LogP contribution in [0.3, 0.4) is 0 Å². The van der Waals surface area contributed by atoms with Crippen molar-refractivity contribution in [3.63, 3.8) is 0 Å². The maximum absolute atomic E-state index is 5.72. The second-order valence-corrected chi connectivity index (χ2v) is 4.07. The number of hydrogen-bond donors (Lipinski definition) is 1. The summed E-state index contributed by atoms with van der Waals surface area (Å²) < 4.78 is 7.44. The summed E-state index contributed by atoms with van der Waals surface area (Å²) in [6.07, 6.45) is 3.06. The molecule has 0 aliphatic carbocycles. The Morgan fingerprint density at radius 3 is 2.94 bits per heavy atom. The molecule has 5 nitrogen and oxygen atoms in total. The van der Waals surface area contributed by atoms with E-state index < -0.39 is 0 Å². The van der Waals surface area contributed by atoms with E-state index in [4.69, 9.17) is 4.74 Å². The molecule has 2 aromatic rings. The normalized spacial score (nSPS) is 19.4. The van der Waals surface area contributed by atoms with Gasteiger partial charge in [-0.1, -0.05) is 28.5 Å². The van der Waals surface area contributed by atoms with Crippen molar-refractivity contribution in [1.29, 1.82) is 0 Å². The minimum absolute atomic E-state index is 0.218. The molecule has 0 radical (unpaired) electrons. The highest BCUT2D eigenvalue weighted by molar-refractivity contribution is 5.30. The first-order chi connectivity index (χ1) is 8.42. The summed E-state index contributed by atoms with van der Waals surface area (Å²) in [6, 6.07) is 9.88. The van der Waals surface area contributed by atoms with Crippen LogP contribution in [-0.2, 0) is 0 Å². The van der Waals surface area contributed by atoms with Crippen LogP contribution in [0, 0.1) is 0 Å². The van der Waals surface area contributed by atoms with Crippen molar-refractivity contribution in [2.75, 3.05) is 13.1 Å². The number of ether oxygens (including phenoxy) is 1. The molecule has 1 aromatic heterocycles. The van der Waals surface area contributed by atoms with Gasteiger partial charge in [-0.2, -0.15) is 0 Å². The van der Waals surface area contributed by atoms with Crippen molar-refractivity contribution in [2.45, 2.75) is 12.5 Å². The molecule has 3 rings (SSSR count). The number of hydrogen-bond acceptors (Lipinski definition) is 4. The zero-order valence-electron chi connectivity index (χ0n) is 9.41. The summed E-state index contributed by atoms with van der Waals surface area (Å²) in [4.78, 5) is 0. The maximum Gasteiger partial charge on any atom is 0.254 e. The smallest absolute Gasteiger partial charge is 0.254 e. The van der Waals surface area contributed by atoms with Crippen molar-refractivity contribution >= 4 is 0 Å². The molecule has 1 saturated heterocycles. The second kappa shape index (κ2) is 4.55. The molecule has 0 amide bonds. The Kier molecular flexibility index (Phi) is 2.75. The van der Waals surface area contributed by atoms with Gasteiger partial charge in [0, 0.05) is 6.54 Å². The van der Waals surface area contributed by atoms with Crippen LogP contribution >= 0.6 is 0 Å². The highest BCUT2D eigenvalue weighted by Gasteiger charge is 2.17. The van der Waals surface area contributed by atoms with E-state index in [2.05, 4.69) is 15.6 Å². The number of nitrogens with zero attached hydrogens (tertiary/aromatic N) is 3. The molecule has 1 fully saturated rings. The quantitative estimate of drug-likeness (QED) is 0.855. The minimum Gasteiger partial charge on any atom is -0.471 e. The molecule has 0 saturated carbocycles. The van der Waals surface area contributed by atoms with Crippen molar-refractivity contribution in [1.82, 2.24) is 20.3 Å². The van der Waals surface area contributed by atoms with Crippen LogP contribution in [0.4, 0.5) is 0 Å². The van der Waals surface area contributed by atoms with Gasteiger partial charge in [-0.3, -0.25) is 0 Å². The van der Waals surface area contributed by atoms with Crippen LogP contribution in [0.25, 0.3) is 5.69 Å². The van der Waals surface area contributed by atoms with E-state index in [0.29, 0.717) is 5.88 Å². The van der Waals surface area contributed by atoms with Crippen molar-refractivity contribution < 1.29 is 4.74 Å². The summed E-state index contributed by atoms with van der Waals surface area (Å²) in [7, 11) is 0. The van der Waals surface area contributed by atoms with Gasteiger partial charge in [0.2, 0.25) is 0 Å². The number of rotatable bonds is 3. The molecular formula is C12H14N4O. The molecule has 88 valence electrons. The monoisotopic (exact) mass is 230 g/mol. The highest BCUT2D eigenvalue weighted by Crippen LogP contribution is 2.13. The zero-order valence-corrected chi connectivity index (χ0v) is 9.41. The van der Waals surface area contributed by atoms with Crippen LogP contribution in [-0.4, -0.2) is 34.2 Å². The van der Waals surface area contributed by atoms with Gasteiger partial charge in [0.15, 0.2) is 0 Å². The molecule has 1 aromatic carbocycles. The van der Waals surface area contributed by atoms with Crippen molar-refractivity contribution in [3.05, 3.63) is 36.5 Å². The topological polar surface area (TPSA) is 52.0 Å². The van der Waals surface area contributed by atoms with Crippen molar-refractivity contribution in [3.8, 4) is 11.6 Å². The van der Waals surface area contributed by atoms with Gasteiger partial charge in [0.1, 0.15) is 6.10 Å². The lowest BCUT2D eigenvalue weighted by Crippen LogP contribution is -2.19. The van der Waals surface area contributed by atoms with E-state index in [-0.39, 0.29) is 6.10 Å². The van der Waals surface area contributed by atoms with Gasteiger partial charge >= 0.3 is 0 Å². The number of nitrogens with one attached hydrogen (secondary N) is 1. The predicted molar refractivity (Wildman–Crippen MR) is 63.3 cm³/mol. The highest BCUT2D eigenvalue weighted by atomic mass is 16.5. The zero-order chi connectivity index (χ0) is 11.5. The third-order valence-corrected chi connectivity index (χ3v) is 2.80. The standard InChI is InChI=1S/C12H14N4O/c1-2-4-10(5-3-1)16-9-12(14-15-16)17-11-6-7-13-8-11/h1-5,9,11,13H,6-8H2. The van der Waals surface area contributed by atoms with Gasteiger partial charge in [0.25, 0.3) is 5.88 Å². The van der Waals surface area contributed by atoms with E-state index >= 15 is 0 Å². The predicted octanol–water partition coefficient (Wildman–Crippen LogP) is 1.01. The number of aromatic nitrogens is 3. The van der Waals surface area contributed by atoms with Crippen LogP contribution in [0.5, 0.6) is 5.88 Å². The molecule has 1 unspecified atom stereocenters. The Morgan fingerprint density at radius 1 is 1.29 bits per heavy atom. The number of para-hydroxylation sites is 1. The van der Waals surface area contributed by atoms with Gasteiger partial charge in [-0.05, 0) is 25.1 Å². The van der Waals surface area contributed by atoms with Crippen molar-refractivity contribution in [2.24, 2.45) is 0 Å². The summed E-state index contributed by atoms with van der Waals surface area (Å²) in [6.45, 7) is 1.90. The third kappa shape index (κ3) is 2.29. The first-order valence-corrected chi connectivity index (χ1v) is 5.77. The fraction of sp³-hybridized carbons (Fsp3) is 0.333. The van der Waals surface area contributed by atoms with Crippen LogP contribution in [0.2, 0.25) is 0 Å². The Bertz CT molecular complexity index is 476. The lowest BCUT2D eigenvalue weighted by atomic mass is 10.3. The molecule has 5 heteroatoms. The molecule has 1 atom stereocenters. The number of benzene rings is 1. The Hall–Kier alpha value is -1.88. The van der Waals surface area contributed by atoms with E-state index in [9.17, 15) is 0 Å². The summed E-state index contributed by atoms with van der Waals surface area (Å²) in [5.74, 6) is 0.586. The largest absolute Gasteiger partial charge is 0.471 e. The molecule has 1 aliphatic heterocycles. The third-order valence-electron chi connectivity index (χ3n) is 2.80. The lowest BCUT2D eigenvalue weighted by molar-refractivity contribution is 0.213. The van der Waals surface area contributed by atoms with Gasteiger partial charge in [0.05, 0.1) is 11.9 Å². The van der Waals surface area contributed by atoms with Crippen LogP contribution in [0.15, 0.2) is 36.5 Å².